The summed E-state index contributed by atoms with van der Waals surface area (Å²) in [6.07, 6.45) is 6.38. The first-order valence-electron chi connectivity index (χ1n) is 23.2. The van der Waals surface area contributed by atoms with Crippen molar-refractivity contribution in [1.82, 2.24) is 0 Å². The summed E-state index contributed by atoms with van der Waals surface area (Å²) in [7, 11) is 0. The molecule has 6 heterocycles. The van der Waals surface area contributed by atoms with E-state index in [4.69, 9.17) is 0 Å². The number of hydrogen-bond acceptors (Lipinski definition) is 2. The molecule has 6 aliphatic rings. The van der Waals surface area contributed by atoms with Crippen molar-refractivity contribution in [2.75, 3.05) is 39.3 Å². The molecule has 6 fully saturated rings. The van der Waals surface area contributed by atoms with Gasteiger partial charge in [0.2, 0.25) is 0 Å². The fourth-order valence-corrected chi connectivity index (χ4v) is 12.7. The first kappa shape index (κ1) is 46.1. The Balaban J connectivity index is 0.000000171. The highest BCUT2D eigenvalue weighted by molar-refractivity contribution is 5.83. The van der Waals surface area contributed by atoms with Crippen LogP contribution in [0, 0.1) is 10.8 Å². The van der Waals surface area contributed by atoms with Crippen LogP contribution >= 0.6 is 0 Å². The lowest BCUT2D eigenvalue weighted by atomic mass is 9.56. The van der Waals surface area contributed by atoms with Gasteiger partial charge in [0.25, 0.3) is 0 Å². The average Bonchev–Trinajstić information content (AvgIpc) is 3.36. The zero-order chi connectivity index (χ0) is 42.1. The summed E-state index contributed by atoms with van der Waals surface area (Å²) < 4.78 is 2.32. The third-order valence-corrected chi connectivity index (χ3v) is 16.4. The van der Waals surface area contributed by atoms with Crippen LogP contribution in [-0.4, -0.2) is 58.4 Å². The van der Waals surface area contributed by atoms with E-state index in [0.29, 0.717) is 0 Å². The number of quaternary nitrogens is 2. The number of fused-ring (bicyclic) bond motifs is 7. The number of nitrogens with zero attached hydrogens (tertiary/aromatic N) is 2. The van der Waals surface area contributed by atoms with Gasteiger partial charge in [-0.3, -0.25) is 0 Å². The molecule has 64 heavy (non-hydrogen) atoms. The molecule has 0 aromatic heterocycles. The van der Waals surface area contributed by atoms with Gasteiger partial charge in [0, 0.05) is 60.5 Å². The number of halogens is 2. The van der Waals surface area contributed by atoms with Crippen LogP contribution in [0.5, 0.6) is 0 Å². The second-order valence-electron chi connectivity index (χ2n) is 19.5. The van der Waals surface area contributed by atoms with E-state index in [1.165, 1.54) is 26.4 Å². The molecule has 0 aliphatic carbocycles. The van der Waals surface area contributed by atoms with E-state index in [-0.39, 0.29) is 44.8 Å². The summed E-state index contributed by atoms with van der Waals surface area (Å²) in [6.45, 7) is 9.06. The number of rotatable bonds is 10. The Kier molecular flexibility index (Phi) is 13.6. The molecule has 0 amide bonds. The zero-order valence-electron chi connectivity index (χ0n) is 36.9. The minimum atomic E-state index is -0.949. The van der Waals surface area contributed by atoms with Crippen molar-refractivity contribution in [3.8, 4) is 0 Å². The Bertz CT molecular complexity index is 2460. The second kappa shape index (κ2) is 18.8. The third kappa shape index (κ3) is 8.25. The standard InChI is InChI=1S/C31H32NO.C27H30NO.2BrH/c33-31(28-11-3-1-4-12-28,29-13-5-2-6-14-29)30-17-20-32(21-18-30,22-19-30)24-25-15-16-26-9-7-8-10-27(26)23-25;29-27(24-12-6-2-7-13-24,25-14-8-3-9-15-25)26-16-19-28(20-17-26,21-18-26)22-23-10-4-1-5-11-23;;/h1-16,23,33H,17-22,24H2;1-15,29H,16-22H2;2*1H/q2*+1;;/p-2. The fraction of sp³-hybridized carbons (Fsp3) is 0.310. The van der Waals surface area contributed by atoms with Crippen LogP contribution < -0.4 is 34.0 Å². The summed E-state index contributed by atoms with van der Waals surface area (Å²) >= 11 is 0. The molecule has 7 aromatic rings. The summed E-state index contributed by atoms with van der Waals surface area (Å²) in [6, 6.07) is 68.0. The Labute approximate surface area is 402 Å². The Morgan fingerprint density at radius 1 is 0.344 bits per heavy atom. The molecule has 0 atom stereocenters. The maximum Gasteiger partial charge on any atom is 0.121 e. The molecule has 6 aliphatic heterocycles. The minimum Gasteiger partial charge on any atom is -1.00 e. The molecule has 7 aromatic carbocycles. The van der Waals surface area contributed by atoms with Gasteiger partial charge in [-0.05, 0) is 39.1 Å². The van der Waals surface area contributed by atoms with Gasteiger partial charge in [0.1, 0.15) is 24.3 Å². The molecule has 0 unspecified atom stereocenters. The normalized spacial score (nSPS) is 24.7. The van der Waals surface area contributed by atoms with E-state index >= 15 is 0 Å². The number of hydrogen-bond donors (Lipinski definition) is 2. The molecule has 4 bridgehead atoms. The average molecular weight is 979 g/mol. The van der Waals surface area contributed by atoms with Gasteiger partial charge in [-0.15, -0.1) is 0 Å². The third-order valence-electron chi connectivity index (χ3n) is 16.4. The maximum absolute atomic E-state index is 12.5. The Morgan fingerprint density at radius 2 is 0.641 bits per heavy atom. The van der Waals surface area contributed by atoms with Crippen molar-refractivity contribution in [2.24, 2.45) is 10.8 Å². The van der Waals surface area contributed by atoms with Crippen molar-refractivity contribution < 1.29 is 53.1 Å². The lowest BCUT2D eigenvalue weighted by molar-refractivity contribution is -0.958. The van der Waals surface area contributed by atoms with Crippen molar-refractivity contribution in [3.63, 3.8) is 0 Å². The topological polar surface area (TPSA) is 40.5 Å². The highest BCUT2D eigenvalue weighted by Crippen LogP contribution is 2.59. The van der Waals surface area contributed by atoms with Crippen LogP contribution in [0.2, 0.25) is 0 Å². The van der Waals surface area contributed by atoms with E-state index in [2.05, 4.69) is 170 Å². The number of benzene rings is 7. The molecule has 330 valence electrons. The summed E-state index contributed by atoms with van der Waals surface area (Å²) in [4.78, 5) is 0. The van der Waals surface area contributed by atoms with Gasteiger partial charge < -0.3 is 53.1 Å². The van der Waals surface area contributed by atoms with E-state index in [1.54, 1.807) is 0 Å². The second-order valence-corrected chi connectivity index (χ2v) is 19.5. The predicted molar refractivity (Wildman–Crippen MR) is 252 cm³/mol. The van der Waals surface area contributed by atoms with Gasteiger partial charge in [-0.2, -0.15) is 0 Å². The SMILES string of the molecule is OC(c1ccccc1)(c1ccccc1)C12CC[N+](Cc3ccc4ccccc4c3)(CC1)CC2.OC(c1ccccc1)(c1ccccc1)C12CC[N+](Cc3ccccc3)(CC1)CC2.[Br-].[Br-]. The highest BCUT2D eigenvalue weighted by atomic mass is 79.9. The molecule has 13 rings (SSSR count). The zero-order valence-corrected chi connectivity index (χ0v) is 40.1. The first-order valence-corrected chi connectivity index (χ1v) is 23.2. The molecule has 4 nitrogen and oxygen atoms in total. The van der Waals surface area contributed by atoms with Crippen molar-refractivity contribution in [2.45, 2.75) is 62.8 Å². The lowest BCUT2D eigenvalue weighted by Crippen LogP contribution is -3.00. The van der Waals surface area contributed by atoms with Crippen LogP contribution in [0.4, 0.5) is 0 Å². The monoisotopic (exact) mass is 976 g/mol. The van der Waals surface area contributed by atoms with E-state index in [9.17, 15) is 10.2 Å². The molecule has 6 saturated heterocycles. The Hall–Kier alpha value is -4.40. The molecular formula is C58H62Br2N2O2. The van der Waals surface area contributed by atoms with Crippen LogP contribution in [0.15, 0.2) is 194 Å². The first-order chi connectivity index (χ1) is 30.3. The molecular weight excluding hydrogens is 916 g/mol. The summed E-state index contributed by atoms with van der Waals surface area (Å²) in [5.41, 5.74) is 4.93. The Morgan fingerprint density at radius 3 is 1.00 bits per heavy atom. The van der Waals surface area contributed by atoms with Crippen LogP contribution in [-0.2, 0) is 24.3 Å². The van der Waals surface area contributed by atoms with E-state index in [0.717, 1.165) is 118 Å². The molecule has 6 heteroatoms. The van der Waals surface area contributed by atoms with Gasteiger partial charge in [0.15, 0.2) is 0 Å². The molecule has 0 spiro atoms. The van der Waals surface area contributed by atoms with E-state index < -0.39 is 11.2 Å². The van der Waals surface area contributed by atoms with E-state index in [1.807, 2.05) is 24.3 Å². The highest BCUT2D eigenvalue weighted by Gasteiger charge is 2.61. The quantitative estimate of drug-likeness (QED) is 0.181. The minimum absolute atomic E-state index is 0. The summed E-state index contributed by atoms with van der Waals surface area (Å²) in [5, 5.41) is 27.6. The molecule has 0 saturated carbocycles. The number of piperidine rings is 6. The molecule has 2 N–H and O–H groups in total. The smallest absolute Gasteiger partial charge is 0.121 e. The van der Waals surface area contributed by atoms with Gasteiger partial charge in [0.05, 0.1) is 39.3 Å². The number of aliphatic hydroxyl groups is 2. The summed E-state index contributed by atoms with van der Waals surface area (Å²) in [5.74, 6) is 0. The maximum atomic E-state index is 12.5. The van der Waals surface area contributed by atoms with Crippen molar-refractivity contribution in [1.29, 1.82) is 0 Å². The van der Waals surface area contributed by atoms with Crippen LogP contribution in [0.25, 0.3) is 10.8 Å². The molecule has 0 radical (unpaired) electrons. The van der Waals surface area contributed by atoms with Crippen LogP contribution in [0.1, 0.15) is 71.9 Å². The van der Waals surface area contributed by atoms with Gasteiger partial charge >= 0.3 is 0 Å². The fourth-order valence-electron chi connectivity index (χ4n) is 12.7. The largest absolute Gasteiger partial charge is 1.00 e. The van der Waals surface area contributed by atoms with Crippen molar-refractivity contribution in [3.05, 3.63) is 228 Å². The lowest BCUT2D eigenvalue weighted by Gasteiger charge is -2.60. The predicted octanol–water partition coefficient (Wildman–Crippen LogP) is 5.41. The van der Waals surface area contributed by atoms with Crippen LogP contribution in [0.3, 0.4) is 0 Å². The van der Waals surface area contributed by atoms with Gasteiger partial charge in [-0.1, -0.05) is 188 Å². The van der Waals surface area contributed by atoms with Gasteiger partial charge in [-0.25, -0.2) is 0 Å². The van der Waals surface area contributed by atoms with Crippen molar-refractivity contribution >= 4 is 10.8 Å².